The lowest BCUT2D eigenvalue weighted by atomic mass is 9.86. The minimum Gasteiger partial charge on any atom is -0.504 e. The Morgan fingerprint density at radius 1 is 0.457 bits per heavy atom. The number of benzene rings is 6. The number of hydrogen-bond donors (Lipinski definition) is 2. The van der Waals surface area contributed by atoms with Crippen LogP contribution in [-0.4, -0.2) is 10.2 Å². The van der Waals surface area contributed by atoms with Crippen molar-refractivity contribution in [3.05, 3.63) is 120 Å². The summed E-state index contributed by atoms with van der Waals surface area (Å²) in [5.74, 6) is -0.146. The van der Waals surface area contributed by atoms with E-state index in [0.717, 1.165) is 45.0 Å². The van der Waals surface area contributed by atoms with Gasteiger partial charge in [0.2, 0.25) is 0 Å². The van der Waals surface area contributed by atoms with Crippen LogP contribution < -0.4 is 0 Å². The lowest BCUT2D eigenvalue weighted by molar-refractivity contribution is 0.405. The monoisotopic (exact) mass is 450 g/mol. The van der Waals surface area contributed by atoms with Crippen LogP contribution in [0.4, 0.5) is 0 Å². The van der Waals surface area contributed by atoms with E-state index >= 15 is 0 Å². The van der Waals surface area contributed by atoms with E-state index in [9.17, 15) is 10.2 Å². The van der Waals surface area contributed by atoms with Gasteiger partial charge in [0.25, 0.3) is 0 Å². The van der Waals surface area contributed by atoms with E-state index in [0.29, 0.717) is 5.56 Å². The van der Waals surface area contributed by atoms with Gasteiger partial charge in [-0.15, -0.1) is 0 Å². The highest BCUT2D eigenvalue weighted by Crippen LogP contribution is 2.54. The molecule has 1 aliphatic rings. The molecule has 0 spiro atoms. The number of rotatable bonds is 2. The maximum Gasteiger partial charge on any atom is 0.166 e. The standard InChI is InChI=1S/C33H22O2/c34-29-19-23-18-22-12-7-17-28(26-15-5-10-20-8-1-3-13-24(20)26)30(22)31(23)32(33(29)35)27-16-6-11-21-9-2-4-14-25(21)27/h1-17,19,34-35H,18H2. The maximum absolute atomic E-state index is 11.3. The van der Waals surface area contributed by atoms with Crippen LogP contribution in [0.15, 0.2) is 109 Å². The van der Waals surface area contributed by atoms with Gasteiger partial charge in [0.05, 0.1) is 0 Å². The second kappa shape index (κ2) is 7.48. The SMILES string of the molecule is Oc1cc2c(c(-c3cccc4ccccc34)c1O)-c1c(cccc1-c1cccc3ccccc13)C2. The molecule has 0 atom stereocenters. The van der Waals surface area contributed by atoms with Gasteiger partial charge in [0, 0.05) is 5.56 Å². The molecule has 6 aromatic rings. The summed E-state index contributed by atoms with van der Waals surface area (Å²) in [4.78, 5) is 0. The molecule has 0 fully saturated rings. The Morgan fingerprint density at radius 2 is 1.03 bits per heavy atom. The van der Waals surface area contributed by atoms with Crippen molar-refractivity contribution in [2.24, 2.45) is 0 Å². The highest BCUT2D eigenvalue weighted by Gasteiger charge is 2.30. The van der Waals surface area contributed by atoms with E-state index in [2.05, 4.69) is 78.9 Å². The van der Waals surface area contributed by atoms with Crippen molar-refractivity contribution in [3.8, 4) is 44.9 Å². The first kappa shape index (κ1) is 19.9. The molecule has 166 valence electrons. The zero-order valence-corrected chi connectivity index (χ0v) is 19.0. The van der Waals surface area contributed by atoms with E-state index in [1.54, 1.807) is 6.07 Å². The highest BCUT2D eigenvalue weighted by atomic mass is 16.3. The highest BCUT2D eigenvalue weighted by molar-refractivity contribution is 6.09. The van der Waals surface area contributed by atoms with E-state index in [4.69, 9.17) is 0 Å². The minimum absolute atomic E-state index is 0.0688. The zero-order valence-electron chi connectivity index (χ0n) is 19.0. The molecule has 6 aromatic carbocycles. The Labute approximate surface area is 203 Å². The molecule has 2 nitrogen and oxygen atoms in total. The Balaban J connectivity index is 1.60. The molecule has 0 saturated carbocycles. The van der Waals surface area contributed by atoms with Crippen molar-refractivity contribution in [2.45, 2.75) is 6.42 Å². The summed E-state index contributed by atoms with van der Waals surface area (Å²) in [6, 6.07) is 37.4. The quantitative estimate of drug-likeness (QED) is 0.260. The van der Waals surface area contributed by atoms with E-state index < -0.39 is 0 Å². The first-order valence-electron chi connectivity index (χ1n) is 11.9. The van der Waals surface area contributed by atoms with Gasteiger partial charge in [-0.3, -0.25) is 0 Å². The number of phenols is 2. The molecule has 0 aromatic heterocycles. The van der Waals surface area contributed by atoms with Gasteiger partial charge in [-0.05, 0) is 73.0 Å². The van der Waals surface area contributed by atoms with Gasteiger partial charge in [-0.2, -0.15) is 0 Å². The third-order valence-corrected chi connectivity index (χ3v) is 7.28. The summed E-state index contributed by atoms with van der Waals surface area (Å²) in [5, 5.41) is 26.6. The molecule has 0 amide bonds. The van der Waals surface area contributed by atoms with Crippen LogP contribution >= 0.6 is 0 Å². The van der Waals surface area contributed by atoms with Crippen LogP contribution in [0.25, 0.3) is 54.9 Å². The van der Waals surface area contributed by atoms with Crippen LogP contribution in [0.1, 0.15) is 11.1 Å². The maximum atomic E-state index is 11.3. The molecule has 0 unspecified atom stereocenters. The smallest absolute Gasteiger partial charge is 0.166 e. The average molecular weight is 451 g/mol. The van der Waals surface area contributed by atoms with Crippen LogP contribution in [0.2, 0.25) is 0 Å². The Kier molecular flexibility index (Phi) is 4.24. The third kappa shape index (κ3) is 2.90. The molecule has 2 heteroatoms. The predicted molar refractivity (Wildman–Crippen MR) is 144 cm³/mol. The number of fused-ring (bicyclic) bond motifs is 5. The molecule has 0 bridgehead atoms. The molecule has 2 N–H and O–H groups in total. The van der Waals surface area contributed by atoms with Crippen molar-refractivity contribution in [2.75, 3.05) is 0 Å². The molecule has 7 rings (SSSR count). The lowest BCUT2D eigenvalue weighted by Gasteiger charge is -2.18. The van der Waals surface area contributed by atoms with Crippen molar-refractivity contribution in [1.29, 1.82) is 0 Å². The van der Waals surface area contributed by atoms with Crippen LogP contribution in [0, 0.1) is 0 Å². The summed E-state index contributed by atoms with van der Waals surface area (Å²) in [7, 11) is 0. The summed E-state index contributed by atoms with van der Waals surface area (Å²) in [5.41, 5.74) is 8.32. The molecule has 0 heterocycles. The summed E-state index contributed by atoms with van der Waals surface area (Å²) in [6.07, 6.45) is 0.717. The van der Waals surface area contributed by atoms with E-state index in [1.807, 2.05) is 24.3 Å². The average Bonchev–Trinajstić information content (AvgIpc) is 3.27. The van der Waals surface area contributed by atoms with Gasteiger partial charge >= 0.3 is 0 Å². The molecule has 0 aliphatic heterocycles. The van der Waals surface area contributed by atoms with Gasteiger partial charge in [-0.25, -0.2) is 0 Å². The predicted octanol–water partition coefficient (Wildman–Crippen LogP) is 8.31. The lowest BCUT2D eigenvalue weighted by Crippen LogP contribution is -1.92. The van der Waals surface area contributed by atoms with Crippen molar-refractivity contribution in [3.63, 3.8) is 0 Å². The van der Waals surface area contributed by atoms with Crippen LogP contribution in [0.3, 0.4) is 0 Å². The normalized spacial score (nSPS) is 12.1. The minimum atomic E-state index is -0.0776. The number of phenolic OH excluding ortho intramolecular Hbond substituents is 2. The van der Waals surface area contributed by atoms with E-state index in [-0.39, 0.29) is 11.5 Å². The summed E-state index contributed by atoms with van der Waals surface area (Å²) < 4.78 is 0. The van der Waals surface area contributed by atoms with Crippen molar-refractivity contribution in [1.82, 2.24) is 0 Å². The molecular formula is C33H22O2. The van der Waals surface area contributed by atoms with E-state index in [1.165, 1.54) is 21.9 Å². The van der Waals surface area contributed by atoms with Crippen LogP contribution in [0.5, 0.6) is 11.5 Å². The van der Waals surface area contributed by atoms with Gasteiger partial charge in [-0.1, -0.05) is 103 Å². The van der Waals surface area contributed by atoms with Crippen LogP contribution in [-0.2, 0) is 6.42 Å². The second-order valence-electron chi connectivity index (χ2n) is 9.22. The van der Waals surface area contributed by atoms with Crippen molar-refractivity contribution >= 4 is 21.5 Å². The Morgan fingerprint density at radius 3 is 1.77 bits per heavy atom. The Bertz CT molecular complexity index is 1790. The molecule has 35 heavy (non-hydrogen) atoms. The second-order valence-corrected chi connectivity index (χ2v) is 9.22. The zero-order chi connectivity index (χ0) is 23.5. The first-order chi connectivity index (χ1) is 17.2. The van der Waals surface area contributed by atoms with Gasteiger partial charge < -0.3 is 10.2 Å². The molecular weight excluding hydrogens is 428 g/mol. The Hall–Kier alpha value is -4.56. The topological polar surface area (TPSA) is 40.5 Å². The fourth-order valence-electron chi connectivity index (χ4n) is 5.78. The fraction of sp³-hybridized carbons (Fsp3) is 0.0303. The molecule has 1 aliphatic carbocycles. The van der Waals surface area contributed by atoms with Crippen molar-refractivity contribution < 1.29 is 10.2 Å². The third-order valence-electron chi connectivity index (χ3n) is 7.28. The fourth-order valence-corrected chi connectivity index (χ4v) is 5.78. The van der Waals surface area contributed by atoms with Gasteiger partial charge in [0.1, 0.15) is 0 Å². The molecule has 0 radical (unpaired) electrons. The van der Waals surface area contributed by atoms with Gasteiger partial charge in [0.15, 0.2) is 11.5 Å². The summed E-state index contributed by atoms with van der Waals surface area (Å²) >= 11 is 0. The molecule has 0 saturated heterocycles. The largest absolute Gasteiger partial charge is 0.504 e. The number of aromatic hydroxyl groups is 2. The number of hydrogen-bond acceptors (Lipinski definition) is 2. The summed E-state index contributed by atoms with van der Waals surface area (Å²) in [6.45, 7) is 0. The first-order valence-corrected chi connectivity index (χ1v) is 11.9.